The molecule has 1 aromatic heterocycles. The summed E-state index contributed by atoms with van der Waals surface area (Å²) >= 11 is 3.06. The van der Waals surface area contributed by atoms with Crippen LogP contribution in [0.3, 0.4) is 0 Å². The zero-order valence-corrected chi connectivity index (χ0v) is 15.8. The molecule has 1 amide bonds. The highest BCUT2D eigenvalue weighted by molar-refractivity contribution is 8.01. The molecule has 0 saturated heterocycles. The second-order valence-electron chi connectivity index (χ2n) is 5.23. The number of anilines is 1. The summed E-state index contributed by atoms with van der Waals surface area (Å²) in [6.07, 6.45) is 0. The van der Waals surface area contributed by atoms with Gasteiger partial charge in [0.2, 0.25) is 5.91 Å². The molecule has 0 unspecified atom stereocenters. The summed E-state index contributed by atoms with van der Waals surface area (Å²) in [4.78, 5) is 18.7. The van der Waals surface area contributed by atoms with Gasteiger partial charge in [-0.3, -0.25) is 4.79 Å². The van der Waals surface area contributed by atoms with E-state index in [-0.39, 0.29) is 5.91 Å². The average molecular weight is 374 g/mol. The Hall–Kier alpha value is -2.25. The van der Waals surface area contributed by atoms with Gasteiger partial charge in [0.15, 0.2) is 15.8 Å². The van der Waals surface area contributed by atoms with E-state index in [1.807, 2.05) is 30.3 Å². The maximum absolute atomic E-state index is 12.5. The van der Waals surface area contributed by atoms with Crippen molar-refractivity contribution < 1.29 is 14.3 Å². The van der Waals surface area contributed by atoms with Gasteiger partial charge in [-0.05, 0) is 24.3 Å². The first kappa shape index (κ1) is 17.6. The van der Waals surface area contributed by atoms with Gasteiger partial charge in [0, 0.05) is 18.8 Å². The Kier molecular flexibility index (Phi) is 5.45. The summed E-state index contributed by atoms with van der Waals surface area (Å²) in [7, 11) is 4.91. The number of thiazole rings is 1. The van der Waals surface area contributed by atoms with Crippen LogP contribution in [-0.2, 0) is 4.79 Å². The van der Waals surface area contributed by atoms with E-state index in [9.17, 15) is 4.79 Å². The highest BCUT2D eigenvalue weighted by Crippen LogP contribution is 2.32. The van der Waals surface area contributed by atoms with Crippen LogP contribution in [0.25, 0.3) is 10.2 Å². The molecule has 0 spiro atoms. The normalized spacial score (nSPS) is 10.7. The van der Waals surface area contributed by atoms with E-state index < -0.39 is 0 Å². The largest absolute Gasteiger partial charge is 0.493 e. The van der Waals surface area contributed by atoms with Gasteiger partial charge in [-0.1, -0.05) is 23.9 Å². The Morgan fingerprint density at radius 1 is 1.16 bits per heavy atom. The first-order valence-electron chi connectivity index (χ1n) is 7.59. The summed E-state index contributed by atoms with van der Waals surface area (Å²) in [5.74, 6) is 1.55. The third-order valence-corrected chi connectivity index (χ3v) is 5.89. The van der Waals surface area contributed by atoms with Crippen LogP contribution in [0.15, 0.2) is 46.8 Å². The molecular formula is C18H18N2O3S2. The van der Waals surface area contributed by atoms with Gasteiger partial charge < -0.3 is 14.4 Å². The van der Waals surface area contributed by atoms with Gasteiger partial charge in [-0.25, -0.2) is 4.98 Å². The Morgan fingerprint density at radius 3 is 2.64 bits per heavy atom. The van der Waals surface area contributed by atoms with E-state index in [2.05, 4.69) is 4.98 Å². The maximum atomic E-state index is 12.5. The van der Waals surface area contributed by atoms with Gasteiger partial charge in [-0.2, -0.15) is 0 Å². The second-order valence-corrected chi connectivity index (χ2v) is 7.48. The van der Waals surface area contributed by atoms with Crippen LogP contribution in [0, 0.1) is 0 Å². The van der Waals surface area contributed by atoms with Crippen LogP contribution in [0.4, 0.5) is 5.69 Å². The fourth-order valence-electron chi connectivity index (χ4n) is 2.31. The zero-order chi connectivity index (χ0) is 17.8. The van der Waals surface area contributed by atoms with Crippen LogP contribution in [0.5, 0.6) is 11.5 Å². The number of thioether (sulfide) groups is 1. The van der Waals surface area contributed by atoms with Crippen molar-refractivity contribution >= 4 is 44.9 Å². The lowest BCUT2D eigenvalue weighted by molar-refractivity contribution is -0.115. The maximum Gasteiger partial charge on any atom is 0.237 e. The molecule has 0 bridgehead atoms. The number of hydrogen-bond acceptors (Lipinski definition) is 6. The van der Waals surface area contributed by atoms with Gasteiger partial charge in [-0.15, -0.1) is 11.3 Å². The fourth-order valence-corrected chi connectivity index (χ4v) is 4.29. The van der Waals surface area contributed by atoms with Crippen molar-refractivity contribution in [2.45, 2.75) is 4.34 Å². The molecule has 0 aliphatic heterocycles. The van der Waals surface area contributed by atoms with Crippen molar-refractivity contribution in [3.05, 3.63) is 42.5 Å². The molecule has 7 heteroatoms. The Morgan fingerprint density at radius 2 is 1.92 bits per heavy atom. The number of ether oxygens (including phenoxy) is 2. The quantitative estimate of drug-likeness (QED) is 0.609. The summed E-state index contributed by atoms with van der Waals surface area (Å²) in [5.41, 5.74) is 1.73. The lowest BCUT2D eigenvalue weighted by Gasteiger charge is -2.18. The Balaban J connectivity index is 1.68. The highest BCUT2D eigenvalue weighted by Gasteiger charge is 2.15. The predicted octanol–water partition coefficient (Wildman–Crippen LogP) is 4.07. The van der Waals surface area contributed by atoms with E-state index in [0.29, 0.717) is 17.3 Å². The van der Waals surface area contributed by atoms with Crippen LogP contribution < -0.4 is 14.4 Å². The molecule has 0 radical (unpaired) electrons. The minimum absolute atomic E-state index is 0.00326. The molecule has 130 valence electrons. The molecule has 0 aliphatic carbocycles. The number of aromatic nitrogens is 1. The molecule has 0 fully saturated rings. The zero-order valence-electron chi connectivity index (χ0n) is 14.2. The second kappa shape index (κ2) is 7.76. The smallest absolute Gasteiger partial charge is 0.237 e. The van der Waals surface area contributed by atoms with Crippen molar-refractivity contribution in [1.29, 1.82) is 0 Å². The number of rotatable bonds is 6. The number of para-hydroxylation sites is 1. The molecule has 3 rings (SSSR count). The van der Waals surface area contributed by atoms with Gasteiger partial charge >= 0.3 is 0 Å². The van der Waals surface area contributed by atoms with Crippen LogP contribution >= 0.6 is 23.1 Å². The Bertz CT molecular complexity index is 862. The van der Waals surface area contributed by atoms with Crippen molar-refractivity contribution in [2.75, 3.05) is 31.9 Å². The number of methoxy groups -OCH3 is 2. The van der Waals surface area contributed by atoms with Gasteiger partial charge in [0.05, 0.1) is 30.2 Å². The topological polar surface area (TPSA) is 51.7 Å². The third-order valence-electron chi connectivity index (χ3n) is 3.72. The van der Waals surface area contributed by atoms with Crippen molar-refractivity contribution in [2.24, 2.45) is 0 Å². The molecule has 0 aliphatic rings. The SMILES string of the molecule is COc1ccc(N(C)C(=O)CSc2nc3ccccc3s2)cc1OC. The standard InChI is InChI=1S/C18H18N2O3S2/c1-20(12-8-9-14(22-2)15(10-12)23-3)17(21)11-24-18-19-13-6-4-5-7-16(13)25-18/h4-10H,11H2,1-3H3. The molecule has 0 saturated carbocycles. The van der Waals surface area contributed by atoms with Crippen molar-refractivity contribution in [3.8, 4) is 11.5 Å². The molecule has 3 aromatic rings. The average Bonchev–Trinajstić information content (AvgIpc) is 3.07. The van der Waals surface area contributed by atoms with E-state index in [1.54, 1.807) is 49.6 Å². The number of hydrogen-bond donors (Lipinski definition) is 0. The van der Waals surface area contributed by atoms with E-state index in [1.165, 1.54) is 11.8 Å². The monoisotopic (exact) mass is 374 g/mol. The predicted molar refractivity (Wildman–Crippen MR) is 103 cm³/mol. The number of fused-ring (bicyclic) bond motifs is 1. The van der Waals surface area contributed by atoms with Crippen LogP contribution in [0.1, 0.15) is 0 Å². The summed E-state index contributed by atoms with van der Waals surface area (Å²) < 4.78 is 12.5. The van der Waals surface area contributed by atoms with Crippen LogP contribution in [0.2, 0.25) is 0 Å². The first-order valence-corrected chi connectivity index (χ1v) is 9.39. The lowest BCUT2D eigenvalue weighted by atomic mass is 10.2. The summed E-state index contributed by atoms with van der Waals surface area (Å²) in [5, 5.41) is 0. The lowest BCUT2D eigenvalue weighted by Crippen LogP contribution is -2.27. The summed E-state index contributed by atoms with van der Waals surface area (Å²) in [6, 6.07) is 13.4. The minimum Gasteiger partial charge on any atom is -0.493 e. The minimum atomic E-state index is -0.00326. The first-order chi connectivity index (χ1) is 12.1. The molecule has 1 heterocycles. The molecule has 2 aromatic carbocycles. The Labute approximate surface area is 154 Å². The van der Waals surface area contributed by atoms with Crippen molar-refractivity contribution in [3.63, 3.8) is 0 Å². The van der Waals surface area contributed by atoms with Gasteiger partial charge in [0.1, 0.15) is 0 Å². The molecule has 0 atom stereocenters. The molecule has 0 N–H and O–H groups in total. The van der Waals surface area contributed by atoms with E-state index in [0.717, 1.165) is 20.2 Å². The van der Waals surface area contributed by atoms with E-state index in [4.69, 9.17) is 9.47 Å². The number of nitrogens with zero attached hydrogens (tertiary/aromatic N) is 2. The molecule has 25 heavy (non-hydrogen) atoms. The highest BCUT2D eigenvalue weighted by atomic mass is 32.2. The summed E-state index contributed by atoms with van der Waals surface area (Å²) in [6.45, 7) is 0. The third kappa shape index (κ3) is 3.88. The molecular weight excluding hydrogens is 356 g/mol. The number of benzene rings is 2. The van der Waals surface area contributed by atoms with Crippen LogP contribution in [-0.4, -0.2) is 37.9 Å². The van der Waals surface area contributed by atoms with Gasteiger partial charge in [0.25, 0.3) is 0 Å². The van der Waals surface area contributed by atoms with Crippen molar-refractivity contribution in [1.82, 2.24) is 4.98 Å². The van der Waals surface area contributed by atoms with E-state index >= 15 is 0 Å². The number of carbonyl (C=O) groups excluding carboxylic acids is 1. The number of carbonyl (C=O) groups is 1. The molecule has 5 nitrogen and oxygen atoms in total. The fraction of sp³-hybridized carbons (Fsp3) is 0.222. The number of amides is 1.